The third kappa shape index (κ3) is 8.43. The molecule has 0 aromatic heterocycles. The number of sulfonamides is 1. The van der Waals surface area contributed by atoms with Gasteiger partial charge in [-0.1, -0.05) is 61.5 Å². The number of hydrogen-bond donors (Lipinski definition) is 1. The van der Waals surface area contributed by atoms with Crippen LogP contribution in [0.1, 0.15) is 51.0 Å². The second-order valence-electron chi connectivity index (χ2n) is 10.6. The van der Waals surface area contributed by atoms with E-state index >= 15 is 0 Å². The van der Waals surface area contributed by atoms with Crippen molar-refractivity contribution in [3.63, 3.8) is 0 Å². The van der Waals surface area contributed by atoms with Gasteiger partial charge < -0.3 is 15.0 Å². The third-order valence-corrected chi connectivity index (χ3v) is 9.94. The molecule has 0 unspecified atom stereocenters. The van der Waals surface area contributed by atoms with E-state index in [0.717, 1.165) is 42.0 Å². The van der Waals surface area contributed by atoms with Crippen LogP contribution in [0.5, 0.6) is 5.75 Å². The number of nitrogens with zero attached hydrogens (tertiary/aromatic N) is 2. The van der Waals surface area contributed by atoms with Crippen LogP contribution >= 0.6 is 23.2 Å². The maximum absolute atomic E-state index is 14.2. The molecule has 0 saturated heterocycles. The summed E-state index contributed by atoms with van der Waals surface area (Å²) >= 11 is 12.2. The Balaban J connectivity index is 1.69. The Morgan fingerprint density at radius 1 is 0.907 bits per heavy atom. The van der Waals surface area contributed by atoms with E-state index in [2.05, 4.69) is 5.32 Å². The first-order chi connectivity index (χ1) is 20.6. The molecule has 230 valence electrons. The number of amides is 2. The van der Waals surface area contributed by atoms with Crippen LogP contribution in [-0.2, 0) is 26.2 Å². The van der Waals surface area contributed by atoms with Gasteiger partial charge in [-0.2, -0.15) is 0 Å². The van der Waals surface area contributed by atoms with Gasteiger partial charge in [-0.25, -0.2) is 8.42 Å². The van der Waals surface area contributed by atoms with E-state index in [4.69, 9.17) is 27.9 Å². The predicted octanol–water partition coefficient (Wildman–Crippen LogP) is 6.45. The highest BCUT2D eigenvalue weighted by Crippen LogP contribution is 2.27. The molecule has 0 radical (unpaired) electrons. The lowest BCUT2D eigenvalue weighted by Gasteiger charge is -2.34. The van der Waals surface area contributed by atoms with Crippen LogP contribution in [-0.4, -0.2) is 50.9 Å². The Bertz CT molecular complexity index is 1480. The number of benzene rings is 3. The average Bonchev–Trinajstić information content (AvgIpc) is 3.01. The van der Waals surface area contributed by atoms with E-state index < -0.39 is 28.5 Å². The van der Waals surface area contributed by atoms with Crippen molar-refractivity contribution in [2.75, 3.05) is 18.0 Å². The normalized spacial score (nSPS) is 14.5. The summed E-state index contributed by atoms with van der Waals surface area (Å²) in [5.74, 6) is -0.266. The van der Waals surface area contributed by atoms with Gasteiger partial charge in [0, 0.05) is 22.6 Å². The van der Waals surface area contributed by atoms with Gasteiger partial charge >= 0.3 is 0 Å². The standard InChI is InChI=1S/C32H37Cl2N3O5S/c1-3-30(32(39)35-26-7-5-4-6-8-26)36(21-23-9-11-24(33)12-10-23)31(38)22-37(27-15-13-25(34)14-16-27)43(40,41)29-19-17-28(42-2)18-20-29/h9-20,26,30H,3-8,21-22H2,1-2H3,(H,35,39)/t30-/m0/s1. The van der Waals surface area contributed by atoms with Gasteiger partial charge in [0.25, 0.3) is 10.0 Å². The number of ether oxygens (including phenoxy) is 1. The molecule has 0 bridgehead atoms. The lowest BCUT2D eigenvalue weighted by Crippen LogP contribution is -2.54. The van der Waals surface area contributed by atoms with E-state index in [1.807, 2.05) is 6.92 Å². The Hall–Kier alpha value is -3.27. The maximum Gasteiger partial charge on any atom is 0.264 e. The number of hydrogen-bond acceptors (Lipinski definition) is 5. The molecule has 1 aliphatic carbocycles. The summed E-state index contributed by atoms with van der Waals surface area (Å²) in [6.07, 6.45) is 5.40. The number of nitrogens with one attached hydrogen (secondary N) is 1. The molecular formula is C32H37Cl2N3O5S. The molecule has 1 aliphatic rings. The first-order valence-corrected chi connectivity index (χ1v) is 16.6. The molecule has 4 rings (SSSR count). The second kappa shape index (κ2) is 14.9. The molecule has 0 aliphatic heterocycles. The Labute approximate surface area is 264 Å². The summed E-state index contributed by atoms with van der Waals surface area (Å²) in [4.78, 5) is 29.3. The Morgan fingerprint density at radius 2 is 1.49 bits per heavy atom. The molecule has 3 aromatic rings. The fourth-order valence-electron chi connectivity index (χ4n) is 5.26. The van der Waals surface area contributed by atoms with Gasteiger partial charge in [-0.3, -0.25) is 13.9 Å². The Morgan fingerprint density at radius 3 is 2.05 bits per heavy atom. The predicted molar refractivity (Wildman–Crippen MR) is 170 cm³/mol. The summed E-state index contributed by atoms with van der Waals surface area (Å²) in [5.41, 5.74) is 1.03. The van der Waals surface area contributed by atoms with Crippen molar-refractivity contribution >= 4 is 50.7 Å². The van der Waals surface area contributed by atoms with E-state index in [1.165, 1.54) is 24.1 Å². The SMILES string of the molecule is CC[C@@H](C(=O)NC1CCCCC1)N(Cc1ccc(Cl)cc1)C(=O)CN(c1ccc(Cl)cc1)S(=O)(=O)c1ccc(OC)cc1. The Kier molecular flexibility index (Phi) is 11.3. The molecule has 0 spiro atoms. The van der Waals surface area contributed by atoms with Crippen LogP contribution < -0.4 is 14.4 Å². The zero-order chi connectivity index (χ0) is 31.0. The first kappa shape index (κ1) is 32.6. The number of rotatable bonds is 12. The van der Waals surface area contributed by atoms with Crippen LogP contribution in [0.3, 0.4) is 0 Å². The molecule has 1 N–H and O–H groups in total. The van der Waals surface area contributed by atoms with Gasteiger partial charge in [0.2, 0.25) is 11.8 Å². The molecule has 0 heterocycles. The largest absolute Gasteiger partial charge is 0.497 e. The fourth-order valence-corrected chi connectivity index (χ4v) is 6.93. The smallest absolute Gasteiger partial charge is 0.264 e. The van der Waals surface area contributed by atoms with Crippen LogP contribution in [0.4, 0.5) is 5.69 Å². The quantitative estimate of drug-likeness (QED) is 0.244. The van der Waals surface area contributed by atoms with Crippen LogP contribution in [0.25, 0.3) is 0 Å². The first-order valence-electron chi connectivity index (χ1n) is 14.4. The summed E-state index contributed by atoms with van der Waals surface area (Å²) in [6.45, 7) is 1.42. The number of methoxy groups -OCH3 is 1. The van der Waals surface area contributed by atoms with Crippen molar-refractivity contribution in [3.8, 4) is 5.75 Å². The highest BCUT2D eigenvalue weighted by molar-refractivity contribution is 7.92. The lowest BCUT2D eigenvalue weighted by molar-refractivity contribution is -0.140. The number of carbonyl (C=O) groups excluding carboxylic acids is 2. The van der Waals surface area contributed by atoms with Crippen molar-refractivity contribution in [3.05, 3.63) is 88.4 Å². The van der Waals surface area contributed by atoms with E-state index in [-0.39, 0.29) is 29.1 Å². The van der Waals surface area contributed by atoms with Gasteiger partial charge in [-0.05, 0) is 85.5 Å². The fraction of sp³-hybridized carbons (Fsp3) is 0.375. The molecule has 3 aromatic carbocycles. The van der Waals surface area contributed by atoms with Gasteiger partial charge in [0.15, 0.2) is 0 Å². The minimum absolute atomic E-state index is 0.0117. The van der Waals surface area contributed by atoms with E-state index in [9.17, 15) is 18.0 Å². The molecule has 43 heavy (non-hydrogen) atoms. The summed E-state index contributed by atoms with van der Waals surface area (Å²) < 4.78 is 34.2. The zero-order valence-electron chi connectivity index (χ0n) is 24.3. The summed E-state index contributed by atoms with van der Waals surface area (Å²) in [6, 6.07) is 18.5. The molecule has 1 atom stereocenters. The molecule has 11 heteroatoms. The van der Waals surface area contributed by atoms with E-state index in [1.54, 1.807) is 60.7 Å². The van der Waals surface area contributed by atoms with Crippen LogP contribution in [0.2, 0.25) is 10.0 Å². The summed E-state index contributed by atoms with van der Waals surface area (Å²) in [5, 5.41) is 4.11. The van der Waals surface area contributed by atoms with Crippen molar-refractivity contribution < 1.29 is 22.7 Å². The van der Waals surface area contributed by atoms with Crippen molar-refractivity contribution in [2.45, 2.75) is 69.0 Å². The minimum Gasteiger partial charge on any atom is -0.497 e. The third-order valence-electron chi connectivity index (χ3n) is 7.64. The molecular weight excluding hydrogens is 609 g/mol. The number of halogens is 2. The maximum atomic E-state index is 14.2. The highest BCUT2D eigenvalue weighted by Gasteiger charge is 2.34. The number of anilines is 1. The van der Waals surface area contributed by atoms with Crippen molar-refractivity contribution in [2.24, 2.45) is 0 Å². The zero-order valence-corrected chi connectivity index (χ0v) is 26.7. The van der Waals surface area contributed by atoms with Crippen molar-refractivity contribution in [1.29, 1.82) is 0 Å². The minimum atomic E-state index is -4.21. The molecule has 1 fully saturated rings. The topological polar surface area (TPSA) is 96.0 Å². The summed E-state index contributed by atoms with van der Waals surface area (Å²) in [7, 11) is -2.71. The monoisotopic (exact) mass is 645 g/mol. The van der Waals surface area contributed by atoms with Crippen LogP contribution in [0, 0.1) is 0 Å². The lowest BCUT2D eigenvalue weighted by atomic mass is 9.95. The molecule has 2 amide bonds. The molecule has 1 saturated carbocycles. The van der Waals surface area contributed by atoms with Gasteiger partial charge in [-0.15, -0.1) is 0 Å². The van der Waals surface area contributed by atoms with Gasteiger partial charge in [0.1, 0.15) is 18.3 Å². The number of carbonyl (C=O) groups is 2. The second-order valence-corrected chi connectivity index (χ2v) is 13.3. The highest BCUT2D eigenvalue weighted by atomic mass is 35.5. The van der Waals surface area contributed by atoms with Crippen molar-refractivity contribution in [1.82, 2.24) is 10.2 Å². The van der Waals surface area contributed by atoms with Crippen LogP contribution in [0.15, 0.2) is 77.7 Å². The van der Waals surface area contributed by atoms with E-state index in [0.29, 0.717) is 22.2 Å². The van der Waals surface area contributed by atoms with Gasteiger partial charge in [0.05, 0.1) is 17.7 Å². The molecule has 8 nitrogen and oxygen atoms in total. The average molecular weight is 647 g/mol.